The molecule has 0 aliphatic carbocycles. The summed E-state index contributed by atoms with van der Waals surface area (Å²) in [5.41, 5.74) is 1.48. The minimum Gasteiger partial charge on any atom is -0.383 e. The molecule has 0 spiro atoms. The second-order valence-corrected chi connectivity index (χ2v) is 5.05. The van der Waals surface area contributed by atoms with Crippen molar-refractivity contribution >= 4 is 29.9 Å². The predicted molar refractivity (Wildman–Crippen MR) is 102 cm³/mol. The van der Waals surface area contributed by atoms with Crippen molar-refractivity contribution in [3.8, 4) is 0 Å². The van der Waals surface area contributed by atoms with E-state index in [9.17, 15) is 4.39 Å². The number of aliphatic imine (C=N–C) groups is 1. The van der Waals surface area contributed by atoms with Gasteiger partial charge in [-0.1, -0.05) is 6.07 Å². The molecule has 0 aliphatic rings. The summed E-state index contributed by atoms with van der Waals surface area (Å²) in [5.74, 6) is 0.456. The molecule has 0 saturated heterocycles. The molecule has 7 heteroatoms. The van der Waals surface area contributed by atoms with Crippen molar-refractivity contribution in [2.24, 2.45) is 4.99 Å². The van der Waals surface area contributed by atoms with Crippen molar-refractivity contribution in [1.82, 2.24) is 10.6 Å². The molecule has 1 rings (SSSR count). The van der Waals surface area contributed by atoms with Crippen molar-refractivity contribution in [3.05, 3.63) is 35.1 Å². The van der Waals surface area contributed by atoms with Crippen LogP contribution in [0.25, 0.3) is 0 Å². The zero-order chi connectivity index (χ0) is 16.4. The smallest absolute Gasteiger partial charge is 0.191 e. The van der Waals surface area contributed by atoms with Crippen LogP contribution in [0.1, 0.15) is 25.0 Å². The highest BCUT2D eigenvalue weighted by Gasteiger charge is 2.06. The first kappa shape index (κ1) is 22.1. The fourth-order valence-electron chi connectivity index (χ4n) is 2.01. The number of nitrogens with one attached hydrogen (secondary N) is 2. The number of halogens is 2. The van der Waals surface area contributed by atoms with Crippen LogP contribution in [-0.2, 0) is 22.6 Å². The highest BCUT2D eigenvalue weighted by molar-refractivity contribution is 14.0. The van der Waals surface area contributed by atoms with Crippen LogP contribution in [0.5, 0.6) is 0 Å². The summed E-state index contributed by atoms with van der Waals surface area (Å²) < 4.78 is 23.7. The number of benzene rings is 1. The van der Waals surface area contributed by atoms with E-state index in [1.54, 1.807) is 26.4 Å². The zero-order valence-corrected chi connectivity index (χ0v) is 16.5. The predicted octanol–water partition coefficient (Wildman–Crippen LogP) is 2.68. The van der Waals surface area contributed by atoms with Crippen molar-refractivity contribution in [1.29, 1.82) is 0 Å². The maximum atomic E-state index is 13.6. The maximum absolute atomic E-state index is 13.6. The average molecular weight is 439 g/mol. The van der Waals surface area contributed by atoms with E-state index in [4.69, 9.17) is 9.47 Å². The molecule has 0 fully saturated rings. The van der Waals surface area contributed by atoms with Gasteiger partial charge in [0.25, 0.3) is 0 Å². The van der Waals surface area contributed by atoms with Gasteiger partial charge in [0.05, 0.1) is 19.8 Å². The highest BCUT2D eigenvalue weighted by Crippen LogP contribution is 2.12. The van der Waals surface area contributed by atoms with Crippen LogP contribution in [0.15, 0.2) is 23.2 Å². The number of methoxy groups -OCH3 is 2. The molecule has 1 aromatic carbocycles. The minimum atomic E-state index is -0.256. The van der Waals surface area contributed by atoms with Crippen molar-refractivity contribution in [2.45, 2.75) is 33.0 Å². The molecule has 132 valence electrons. The van der Waals surface area contributed by atoms with Gasteiger partial charge in [-0.15, -0.1) is 24.0 Å². The van der Waals surface area contributed by atoms with E-state index in [0.29, 0.717) is 24.7 Å². The van der Waals surface area contributed by atoms with Gasteiger partial charge in [0.15, 0.2) is 5.96 Å². The third-order valence-corrected chi connectivity index (χ3v) is 2.97. The van der Waals surface area contributed by atoms with Gasteiger partial charge in [0, 0.05) is 32.4 Å². The first-order valence-corrected chi connectivity index (χ1v) is 7.40. The lowest BCUT2D eigenvalue weighted by molar-refractivity contribution is 0.179. The molecule has 1 unspecified atom stereocenters. The maximum Gasteiger partial charge on any atom is 0.191 e. The van der Waals surface area contributed by atoms with Gasteiger partial charge in [-0.2, -0.15) is 0 Å². The average Bonchev–Trinajstić information content (AvgIpc) is 2.48. The Morgan fingerprint density at radius 2 is 2.04 bits per heavy atom. The zero-order valence-electron chi connectivity index (χ0n) is 14.2. The van der Waals surface area contributed by atoms with Crippen LogP contribution in [-0.4, -0.2) is 39.4 Å². The lowest BCUT2D eigenvalue weighted by Gasteiger charge is -2.17. The molecule has 1 aromatic rings. The van der Waals surface area contributed by atoms with E-state index in [2.05, 4.69) is 15.6 Å². The number of hydrogen-bond acceptors (Lipinski definition) is 3. The van der Waals surface area contributed by atoms with E-state index in [-0.39, 0.29) is 42.4 Å². The van der Waals surface area contributed by atoms with Crippen LogP contribution >= 0.6 is 24.0 Å². The molecular formula is C16H27FIN3O2. The fraction of sp³-hybridized carbons (Fsp3) is 0.562. The lowest BCUT2D eigenvalue weighted by atomic mass is 10.1. The summed E-state index contributed by atoms with van der Waals surface area (Å²) in [6.07, 6.45) is 0. The minimum absolute atomic E-state index is 0. The molecule has 0 bridgehead atoms. The Kier molecular flexibility index (Phi) is 12.0. The number of ether oxygens (including phenoxy) is 2. The Morgan fingerprint density at radius 1 is 1.30 bits per heavy atom. The Morgan fingerprint density at radius 3 is 2.65 bits per heavy atom. The Balaban J connectivity index is 0.00000484. The van der Waals surface area contributed by atoms with Gasteiger partial charge in [0.2, 0.25) is 0 Å². The number of hydrogen-bond donors (Lipinski definition) is 2. The van der Waals surface area contributed by atoms with E-state index >= 15 is 0 Å². The van der Waals surface area contributed by atoms with Crippen LogP contribution < -0.4 is 10.6 Å². The molecule has 0 aliphatic heterocycles. The van der Waals surface area contributed by atoms with Gasteiger partial charge >= 0.3 is 0 Å². The Bertz CT molecular complexity index is 486. The summed E-state index contributed by atoms with van der Waals surface area (Å²) in [5, 5.41) is 6.43. The van der Waals surface area contributed by atoms with E-state index in [0.717, 1.165) is 12.1 Å². The summed E-state index contributed by atoms with van der Waals surface area (Å²) in [4.78, 5) is 4.51. The second-order valence-electron chi connectivity index (χ2n) is 5.05. The van der Waals surface area contributed by atoms with Gasteiger partial charge in [-0.25, -0.2) is 9.38 Å². The van der Waals surface area contributed by atoms with Gasteiger partial charge in [0.1, 0.15) is 5.82 Å². The third kappa shape index (κ3) is 8.47. The normalized spacial score (nSPS) is 12.5. The first-order chi connectivity index (χ1) is 10.6. The third-order valence-electron chi connectivity index (χ3n) is 2.97. The van der Waals surface area contributed by atoms with Gasteiger partial charge in [-0.3, -0.25) is 0 Å². The van der Waals surface area contributed by atoms with Crippen LogP contribution in [0.2, 0.25) is 0 Å². The molecule has 0 saturated carbocycles. The molecule has 23 heavy (non-hydrogen) atoms. The lowest BCUT2D eigenvalue weighted by Crippen LogP contribution is -2.43. The van der Waals surface area contributed by atoms with Crippen molar-refractivity contribution < 1.29 is 13.9 Å². The van der Waals surface area contributed by atoms with E-state index in [1.807, 2.05) is 13.8 Å². The largest absolute Gasteiger partial charge is 0.383 e. The molecule has 5 nitrogen and oxygen atoms in total. The quantitative estimate of drug-likeness (QED) is 0.372. The summed E-state index contributed by atoms with van der Waals surface area (Å²) in [6, 6.07) is 5.12. The summed E-state index contributed by atoms with van der Waals surface area (Å²) >= 11 is 0. The molecule has 0 heterocycles. The van der Waals surface area contributed by atoms with Crippen LogP contribution in [0.4, 0.5) is 4.39 Å². The monoisotopic (exact) mass is 439 g/mol. The van der Waals surface area contributed by atoms with E-state index < -0.39 is 0 Å². The highest BCUT2D eigenvalue weighted by atomic mass is 127. The SMILES string of the molecule is CCNC(=NCc1ccc(F)c(COC)c1)NC(C)COC.I. The van der Waals surface area contributed by atoms with Gasteiger partial charge in [-0.05, 0) is 31.5 Å². The van der Waals surface area contributed by atoms with Crippen LogP contribution in [0.3, 0.4) is 0 Å². The second kappa shape index (κ2) is 12.5. The molecule has 0 radical (unpaired) electrons. The van der Waals surface area contributed by atoms with Crippen molar-refractivity contribution in [2.75, 3.05) is 27.4 Å². The number of rotatable bonds is 8. The molecule has 1 atom stereocenters. The Hall–Kier alpha value is -0.930. The molecule has 0 aromatic heterocycles. The Labute approximate surface area is 155 Å². The van der Waals surface area contributed by atoms with Crippen molar-refractivity contribution in [3.63, 3.8) is 0 Å². The number of guanidine groups is 1. The van der Waals surface area contributed by atoms with Gasteiger partial charge < -0.3 is 20.1 Å². The standard InChI is InChI=1S/C16H26FN3O2.HI/c1-5-18-16(20-12(2)10-21-3)19-9-13-6-7-15(17)14(8-13)11-22-4;/h6-8,12H,5,9-11H2,1-4H3,(H2,18,19,20);1H. The molecule has 0 amide bonds. The molecule has 2 N–H and O–H groups in total. The summed E-state index contributed by atoms with van der Waals surface area (Å²) in [7, 11) is 3.22. The summed E-state index contributed by atoms with van der Waals surface area (Å²) in [6.45, 7) is 6.11. The van der Waals surface area contributed by atoms with Crippen LogP contribution in [0, 0.1) is 5.82 Å². The first-order valence-electron chi connectivity index (χ1n) is 7.40. The molecular weight excluding hydrogens is 412 g/mol. The topological polar surface area (TPSA) is 54.9 Å². The van der Waals surface area contributed by atoms with E-state index in [1.165, 1.54) is 6.07 Å². The fourth-order valence-corrected chi connectivity index (χ4v) is 2.01. The number of nitrogens with zero attached hydrogens (tertiary/aromatic N) is 1.